The van der Waals surface area contributed by atoms with Crippen LogP contribution in [-0.4, -0.2) is 33.9 Å². The first-order valence-electron chi connectivity index (χ1n) is 10.1. The summed E-state index contributed by atoms with van der Waals surface area (Å²) in [5.41, 5.74) is 2.67. The van der Waals surface area contributed by atoms with Crippen LogP contribution in [0.15, 0.2) is 65.5 Å². The van der Waals surface area contributed by atoms with Crippen LogP contribution in [0.25, 0.3) is 0 Å². The molecule has 1 aliphatic heterocycles. The molecular formula is C23H27ClN4O2. The lowest BCUT2D eigenvalue weighted by Gasteiger charge is -2.36. The summed E-state index contributed by atoms with van der Waals surface area (Å²) in [7, 11) is 0. The van der Waals surface area contributed by atoms with Gasteiger partial charge in [-0.25, -0.2) is 4.79 Å². The van der Waals surface area contributed by atoms with Crippen LogP contribution in [0.3, 0.4) is 0 Å². The van der Waals surface area contributed by atoms with Gasteiger partial charge in [-0.1, -0.05) is 48.5 Å². The molecule has 0 saturated carbocycles. The van der Waals surface area contributed by atoms with Crippen molar-refractivity contribution in [3.8, 4) is 0 Å². The number of amides is 1. The molecular weight excluding hydrogens is 400 g/mol. The van der Waals surface area contributed by atoms with Gasteiger partial charge in [-0.15, -0.1) is 12.4 Å². The molecule has 3 N–H and O–H groups in total. The molecule has 30 heavy (non-hydrogen) atoms. The number of hydrogen-bond acceptors (Lipinski definition) is 3. The highest BCUT2D eigenvalue weighted by molar-refractivity contribution is 6.03. The van der Waals surface area contributed by atoms with Gasteiger partial charge in [-0.2, -0.15) is 0 Å². The van der Waals surface area contributed by atoms with Crippen LogP contribution in [-0.2, 0) is 0 Å². The van der Waals surface area contributed by atoms with Gasteiger partial charge < -0.3 is 15.3 Å². The Morgan fingerprint density at radius 3 is 2.23 bits per heavy atom. The average Bonchev–Trinajstić information content (AvgIpc) is 3.16. The minimum Gasteiger partial charge on any atom is -0.321 e. The number of benzene rings is 2. The van der Waals surface area contributed by atoms with Crippen molar-refractivity contribution >= 4 is 24.0 Å². The second kappa shape index (κ2) is 9.78. The molecule has 158 valence electrons. The van der Waals surface area contributed by atoms with Gasteiger partial charge in [0.2, 0.25) is 0 Å². The highest BCUT2D eigenvalue weighted by atomic mass is 35.5. The summed E-state index contributed by atoms with van der Waals surface area (Å²) in [5, 5.41) is 2.85. The maximum absolute atomic E-state index is 12.8. The standard InChI is InChI=1S/C23H26N4O2.ClH/c1-16(27-14-12-18(13-15-27)17-8-4-2-5-9-17)20-21(26-23(29)25-20)22(28)24-19-10-6-3-7-11-19;/h2-11,16,18H,12-15H2,1H3,(H,24,28)(H2,25,26,29);1H. The number of aromatic amines is 2. The van der Waals surface area contributed by atoms with E-state index in [9.17, 15) is 9.59 Å². The Bertz CT molecular complexity index is 1010. The van der Waals surface area contributed by atoms with Gasteiger partial charge in [0.1, 0.15) is 5.69 Å². The number of piperidine rings is 1. The van der Waals surface area contributed by atoms with Crippen LogP contribution < -0.4 is 11.0 Å². The van der Waals surface area contributed by atoms with E-state index in [1.807, 2.05) is 43.3 Å². The van der Waals surface area contributed by atoms with Crippen LogP contribution in [0.5, 0.6) is 0 Å². The van der Waals surface area contributed by atoms with Gasteiger partial charge in [-0.3, -0.25) is 9.69 Å². The molecule has 1 fully saturated rings. The molecule has 0 radical (unpaired) electrons. The highest BCUT2D eigenvalue weighted by Crippen LogP contribution is 2.32. The van der Waals surface area contributed by atoms with Crippen LogP contribution in [0.2, 0.25) is 0 Å². The number of hydrogen-bond donors (Lipinski definition) is 3. The Labute approximate surface area is 182 Å². The number of nitrogens with one attached hydrogen (secondary N) is 3. The van der Waals surface area contributed by atoms with E-state index in [0.29, 0.717) is 23.0 Å². The predicted octanol–water partition coefficient (Wildman–Crippen LogP) is 4.32. The number of halogens is 1. The van der Waals surface area contributed by atoms with Gasteiger partial charge in [-0.05, 0) is 56.5 Å². The second-order valence-electron chi connectivity index (χ2n) is 7.58. The molecule has 3 aromatic rings. The minimum absolute atomic E-state index is 0. The van der Waals surface area contributed by atoms with Crippen molar-refractivity contribution in [2.45, 2.75) is 31.7 Å². The second-order valence-corrected chi connectivity index (χ2v) is 7.58. The molecule has 0 spiro atoms. The summed E-state index contributed by atoms with van der Waals surface area (Å²) in [6.07, 6.45) is 2.13. The van der Waals surface area contributed by atoms with E-state index < -0.39 is 0 Å². The molecule has 1 aliphatic rings. The predicted molar refractivity (Wildman–Crippen MR) is 121 cm³/mol. The molecule has 2 aromatic carbocycles. The lowest BCUT2D eigenvalue weighted by molar-refractivity contribution is 0.101. The molecule has 6 nitrogen and oxygen atoms in total. The fourth-order valence-electron chi connectivity index (χ4n) is 4.13. The first-order valence-corrected chi connectivity index (χ1v) is 10.1. The van der Waals surface area contributed by atoms with Crippen molar-refractivity contribution in [3.63, 3.8) is 0 Å². The van der Waals surface area contributed by atoms with Crippen molar-refractivity contribution in [1.29, 1.82) is 0 Å². The molecule has 1 atom stereocenters. The fraction of sp³-hybridized carbons (Fsp3) is 0.304. The smallest absolute Gasteiger partial charge is 0.321 e. The monoisotopic (exact) mass is 426 g/mol. The van der Waals surface area contributed by atoms with Crippen LogP contribution in [0.4, 0.5) is 5.69 Å². The summed E-state index contributed by atoms with van der Waals surface area (Å²) in [4.78, 5) is 32.6. The van der Waals surface area contributed by atoms with Gasteiger partial charge in [0.05, 0.1) is 5.69 Å². The number of nitrogens with zero attached hydrogens (tertiary/aromatic N) is 1. The molecule has 7 heteroatoms. The highest BCUT2D eigenvalue weighted by Gasteiger charge is 2.28. The molecule has 1 saturated heterocycles. The molecule has 1 aromatic heterocycles. The van der Waals surface area contributed by atoms with Crippen molar-refractivity contribution in [3.05, 3.63) is 88.1 Å². The average molecular weight is 427 g/mol. The number of aromatic nitrogens is 2. The van der Waals surface area contributed by atoms with Crippen molar-refractivity contribution < 1.29 is 4.79 Å². The molecule has 2 heterocycles. The number of carbonyl (C=O) groups is 1. The fourth-order valence-corrected chi connectivity index (χ4v) is 4.13. The molecule has 1 unspecified atom stereocenters. The maximum Gasteiger partial charge on any atom is 0.323 e. The summed E-state index contributed by atoms with van der Waals surface area (Å²) in [6, 6.07) is 19.8. The van der Waals surface area contributed by atoms with Gasteiger partial charge >= 0.3 is 5.69 Å². The van der Waals surface area contributed by atoms with Crippen LogP contribution in [0, 0.1) is 0 Å². The number of anilines is 1. The Kier molecular flexibility index (Phi) is 7.13. The zero-order valence-electron chi connectivity index (χ0n) is 16.9. The first-order chi connectivity index (χ1) is 14.1. The minimum atomic E-state index is -0.357. The SMILES string of the molecule is CC(c1[nH]c(=O)[nH]c1C(=O)Nc1ccccc1)N1CCC(c2ccccc2)CC1.Cl. The van der Waals surface area contributed by atoms with E-state index in [0.717, 1.165) is 25.9 Å². The lowest BCUT2D eigenvalue weighted by atomic mass is 9.89. The third kappa shape index (κ3) is 4.83. The van der Waals surface area contributed by atoms with E-state index in [2.05, 4.69) is 44.5 Å². The molecule has 0 bridgehead atoms. The van der Waals surface area contributed by atoms with Gasteiger partial charge in [0.25, 0.3) is 5.91 Å². The Hall–Kier alpha value is -2.83. The van der Waals surface area contributed by atoms with E-state index in [1.54, 1.807) is 0 Å². The number of likely N-dealkylation sites (tertiary alicyclic amines) is 1. The third-order valence-corrected chi connectivity index (χ3v) is 5.78. The summed E-state index contributed by atoms with van der Waals surface area (Å²) in [5.74, 6) is 0.251. The van der Waals surface area contributed by atoms with Crippen molar-refractivity contribution in [2.75, 3.05) is 18.4 Å². The zero-order valence-corrected chi connectivity index (χ0v) is 17.7. The number of carbonyl (C=O) groups excluding carboxylic acids is 1. The number of rotatable bonds is 5. The normalized spacial score (nSPS) is 15.9. The quantitative estimate of drug-likeness (QED) is 0.568. The largest absolute Gasteiger partial charge is 0.323 e. The molecule has 4 rings (SSSR count). The summed E-state index contributed by atoms with van der Waals surface area (Å²) in [6.45, 7) is 3.89. The Morgan fingerprint density at radius 1 is 1.00 bits per heavy atom. The maximum atomic E-state index is 12.8. The number of H-pyrrole nitrogens is 2. The topological polar surface area (TPSA) is 81.0 Å². The number of imidazole rings is 1. The Balaban J connectivity index is 0.00000256. The van der Waals surface area contributed by atoms with Gasteiger partial charge in [0.15, 0.2) is 0 Å². The van der Waals surface area contributed by atoms with Crippen LogP contribution in [0.1, 0.15) is 53.5 Å². The van der Waals surface area contributed by atoms with E-state index in [1.165, 1.54) is 5.56 Å². The van der Waals surface area contributed by atoms with Gasteiger partial charge in [0, 0.05) is 11.7 Å². The first kappa shape index (κ1) is 21.9. The van der Waals surface area contributed by atoms with E-state index in [4.69, 9.17) is 0 Å². The van der Waals surface area contributed by atoms with Crippen molar-refractivity contribution in [1.82, 2.24) is 14.9 Å². The Morgan fingerprint density at radius 2 is 1.60 bits per heavy atom. The summed E-state index contributed by atoms with van der Waals surface area (Å²) >= 11 is 0. The van der Waals surface area contributed by atoms with Crippen LogP contribution >= 0.6 is 12.4 Å². The van der Waals surface area contributed by atoms with Crippen molar-refractivity contribution in [2.24, 2.45) is 0 Å². The third-order valence-electron chi connectivity index (χ3n) is 5.78. The zero-order chi connectivity index (χ0) is 20.2. The summed E-state index contributed by atoms with van der Waals surface area (Å²) < 4.78 is 0. The lowest BCUT2D eigenvalue weighted by Crippen LogP contribution is -2.36. The molecule has 1 amide bonds. The van der Waals surface area contributed by atoms with E-state index >= 15 is 0 Å². The van der Waals surface area contributed by atoms with E-state index in [-0.39, 0.29) is 30.0 Å². The number of para-hydroxylation sites is 1. The molecule has 0 aliphatic carbocycles.